The van der Waals surface area contributed by atoms with Crippen LogP contribution in [0.15, 0.2) is 29.2 Å². The van der Waals surface area contributed by atoms with Gasteiger partial charge in [-0.2, -0.15) is 0 Å². The molecule has 0 aliphatic carbocycles. The van der Waals surface area contributed by atoms with Gasteiger partial charge in [-0.3, -0.25) is 0 Å². The second kappa shape index (κ2) is 5.87. The minimum absolute atomic E-state index is 0.164. The Morgan fingerprint density at radius 2 is 2.24 bits per heavy atom. The average Bonchev–Trinajstić information content (AvgIpc) is 2.39. The van der Waals surface area contributed by atoms with Crippen molar-refractivity contribution in [1.29, 1.82) is 0 Å². The third-order valence-corrected chi connectivity index (χ3v) is 4.23. The van der Waals surface area contributed by atoms with E-state index in [4.69, 9.17) is 15.6 Å². The summed E-state index contributed by atoms with van der Waals surface area (Å²) < 4.78 is 5.99. The molecule has 94 valence electrons. The molecular weight excluding hydrogens is 234 g/mol. The second-order valence-corrected chi connectivity index (χ2v) is 5.36. The number of aliphatic hydroxyl groups is 1. The van der Waals surface area contributed by atoms with E-state index >= 15 is 0 Å². The molecule has 1 unspecified atom stereocenters. The van der Waals surface area contributed by atoms with Gasteiger partial charge in [0.05, 0.1) is 6.61 Å². The van der Waals surface area contributed by atoms with Crippen LogP contribution in [0.5, 0.6) is 0 Å². The van der Waals surface area contributed by atoms with Gasteiger partial charge in [0.25, 0.3) is 0 Å². The molecule has 1 atom stereocenters. The maximum atomic E-state index is 8.83. The number of fused-ring (bicyclic) bond motifs is 1. The van der Waals surface area contributed by atoms with Crippen LogP contribution in [0.4, 0.5) is 0 Å². The first kappa shape index (κ1) is 12.9. The molecule has 1 aliphatic rings. The molecule has 1 aromatic rings. The van der Waals surface area contributed by atoms with Gasteiger partial charge in [0, 0.05) is 23.8 Å². The van der Waals surface area contributed by atoms with Gasteiger partial charge in [-0.25, -0.2) is 0 Å². The molecule has 0 aromatic heterocycles. The number of thioether (sulfide) groups is 1. The Hall–Kier alpha value is -0.550. The topological polar surface area (TPSA) is 55.5 Å². The maximum absolute atomic E-state index is 8.83. The molecule has 1 aromatic carbocycles. The lowest BCUT2D eigenvalue weighted by Gasteiger charge is -2.37. The minimum atomic E-state index is -0.350. The van der Waals surface area contributed by atoms with Crippen molar-refractivity contribution in [3.8, 4) is 0 Å². The van der Waals surface area contributed by atoms with Gasteiger partial charge in [0.2, 0.25) is 0 Å². The summed E-state index contributed by atoms with van der Waals surface area (Å²) in [6.07, 6.45) is 1.60. The first-order chi connectivity index (χ1) is 8.32. The van der Waals surface area contributed by atoms with E-state index in [0.29, 0.717) is 19.6 Å². The summed E-state index contributed by atoms with van der Waals surface area (Å²) >= 11 is 1.86. The summed E-state index contributed by atoms with van der Waals surface area (Å²) in [5.74, 6) is 1.04. The summed E-state index contributed by atoms with van der Waals surface area (Å²) in [4.78, 5) is 1.27. The quantitative estimate of drug-likeness (QED) is 0.785. The van der Waals surface area contributed by atoms with Crippen LogP contribution in [0, 0.1) is 0 Å². The number of ether oxygens (including phenoxy) is 1. The van der Waals surface area contributed by atoms with E-state index in [1.165, 1.54) is 10.5 Å². The lowest BCUT2D eigenvalue weighted by Crippen LogP contribution is -2.41. The van der Waals surface area contributed by atoms with Gasteiger partial charge in [0.15, 0.2) is 0 Å². The monoisotopic (exact) mass is 253 g/mol. The van der Waals surface area contributed by atoms with E-state index in [2.05, 4.69) is 12.1 Å². The smallest absolute Gasteiger partial charge is 0.107 e. The fourth-order valence-electron chi connectivity index (χ4n) is 2.18. The largest absolute Gasteiger partial charge is 0.396 e. The molecule has 0 saturated carbocycles. The summed E-state index contributed by atoms with van der Waals surface area (Å²) in [7, 11) is 0. The van der Waals surface area contributed by atoms with Gasteiger partial charge in [-0.15, -0.1) is 11.8 Å². The highest BCUT2D eigenvalue weighted by atomic mass is 32.2. The van der Waals surface area contributed by atoms with Crippen molar-refractivity contribution < 1.29 is 9.84 Å². The lowest BCUT2D eigenvalue weighted by atomic mass is 9.90. The SMILES string of the molecule is NCC1(OCCCO)CCSc2ccccc21. The molecule has 0 amide bonds. The summed E-state index contributed by atoms with van der Waals surface area (Å²) in [5.41, 5.74) is 6.79. The summed E-state index contributed by atoms with van der Waals surface area (Å²) in [5, 5.41) is 8.83. The van der Waals surface area contributed by atoms with Gasteiger partial charge in [0.1, 0.15) is 5.60 Å². The van der Waals surface area contributed by atoms with Gasteiger partial charge in [-0.05, 0) is 24.5 Å². The van der Waals surface area contributed by atoms with Crippen LogP contribution in [-0.4, -0.2) is 30.6 Å². The van der Waals surface area contributed by atoms with Crippen molar-refractivity contribution >= 4 is 11.8 Å². The first-order valence-corrected chi connectivity index (χ1v) is 6.98. The minimum Gasteiger partial charge on any atom is -0.396 e. The zero-order valence-electron chi connectivity index (χ0n) is 9.89. The molecule has 3 nitrogen and oxygen atoms in total. The van der Waals surface area contributed by atoms with Crippen LogP contribution in [0.1, 0.15) is 18.4 Å². The van der Waals surface area contributed by atoms with Crippen LogP contribution in [0.3, 0.4) is 0 Å². The fourth-order valence-corrected chi connectivity index (χ4v) is 3.42. The second-order valence-electron chi connectivity index (χ2n) is 4.22. The predicted molar refractivity (Wildman–Crippen MR) is 70.2 cm³/mol. The van der Waals surface area contributed by atoms with Crippen LogP contribution in [-0.2, 0) is 10.3 Å². The Bertz CT molecular complexity index is 372. The highest BCUT2D eigenvalue weighted by molar-refractivity contribution is 7.99. The average molecular weight is 253 g/mol. The third kappa shape index (κ3) is 2.65. The van der Waals surface area contributed by atoms with E-state index in [9.17, 15) is 0 Å². The van der Waals surface area contributed by atoms with E-state index < -0.39 is 0 Å². The zero-order valence-corrected chi connectivity index (χ0v) is 10.7. The van der Waals surface area contributed by atoms with Crippen molar-refractivity contribution in [2.24, 2.45) is 5.73 Å². The standard InChI is InChI=1S/C13H19NO2S/c14-10-13(16-8-3-7-15)6-9-17-12-5-2-1-4-11(12)13/h1-2,4-5,15H,3,6-10,14H2. The van der Waals surface area contributed by atoms with Crippen LogP contribution in [0.2, 0.25) is 0 Å². The van der Waals surface area contributed by atoms with Crippen LogP contribution in [0.25, 0.3) is 0 Å². The molecule has 2 rings (SSSR count). The highest BCUT2D eigenvalue weighted by Crippen LogP contribution is 2.42. The van der Waals surface area contributed by atoms with Gasteiger partial charge < -0.3 is 15.6 Å². The van der Waals surface area contributed by atoms with E-state index in [1.807, 2.05) is 23.9 Å². The summed E-state index contributed by atoms with van der Waals surface area (Å²) in [6.45, 7) is 1.22. The normalized spacial score (nSPS) is 23.4. The number of aliphatic hydroxyl groups excluding tert-OH is 1. The first-order valence-electron chi connectivity index (χ1n) is 5.99. The molecule has 1 heterocycles. The number of hydrogen-bond acceptors (Lipinski definition) is 4. The maximum Gasteiger partial charge on any atom is 0.107 e. The molecule has 0 radical (unpaired) electrons. The molecule has 1 aliphatic heterocycles. The molecule has 3 N–H and O–H groups in total. The van der Waals surface area contributed by atoms with Crippen molar-refractivity contribution in [2.75, 3.05) is 25.5 Å². The zero-order chi connectivity index (χ0) is 12.1. The van der Waals surface area contributed by atoms with Crippen molar-refractivity contribution in [3.05, 3.63) is 29.8 Å². The van der Waals surface area contributed by atoms with Crippen molar-refractivity contribution in [1.82, 2.24) is 0 Å². The van der Waals surface area contributed by atoms with E-state index in [1.54, 1.807) is 0 Å². The Labute approximate surface area is 106 Å². The lowest BCUT2D eigenvalue weighted by molar-refractivity contribution is -0.0532. The number of benzene rings is 1. The number of nitrogens with two attached hydrogens (primary N) is 1. The van der Waals surface area contributed by atoms with Gasteiger partial charge in [-0.1, -0.05) is 18.2 Å². The molecule has 4 heteroatoms. The number of rotatable bonds is 5. The van der Waals surface area contributed by atoms with Crippen molar-refractivity contribution in [3.63, 3.8) is 0 Å². The third-order valence-electron chi connectivity index (χ3n) is 3.15. The van der Waals surface area contributed by atoms with Crippen molar-refractivity contribution in [2.45, 2.75) is 23.3 Å². The molecule has 0 spiro atoms. The van der Waals surface area contributed by atoms with E-state index in [0.717, 1.165) is 12.2 Å². The molecular formula is C13H19NO2S. The highest BCUT2D eigenvalue weighted by Gasteiger charge is 2.36. The van der Waals surface area contributed by atoms with Crippen LogP contribution < -0.4 is 5.73 Å². The summed E-state index contributed by atoms with van der Waals surface area (Å²) in [6, 6.07) is 8.31. The predicted octanol–water partition coefficient (Wildman–Crippen LogP) is 1.74. The Balaban J connectivity index is 2.22. The van der Waals surface area contributed by atoms with E-state index in [-0.39, 0.29) is 12.2 Å². The van der Waals surface area contributed by atoms with Gasteiger partial charge >= 0.3 is 0 Å². The van der Waals surface area contributed by atoms with Crippen LogP contribution >= 0.6 is 11.8 Å². The Kier molecular flexibility index (Phi) is 4.45. The Morgan fingerprint density at radius 3 is 3.00 bits per heavy atom. The Morgan fingerprint density at radius 1 is 1.41 bits per heavy atom. The molecule has 0 bridgehead atoms. The fraction of sp³-hybridized carbons (Fsp3) is 0.538. The molecule has 17 heavy (non-hydrogen) atoms. The number of hydrogen-bond donors (Lipinski definition) is 2. The molecule has 0 fully saturated rings. The molecule has 0 saturated heterocycles.